The van der Waals surface area contributed by atoms with E-state index >= 15 is 0 Å². The molecule has 7 heteroatoms. The molecule has 162 valence electrons. The third kappa shape index (κ3) is 3.72. The highest BCUT2D eigenvalue weighted by molar-refractivity contribution is 5.70. The summed E-state index contributed by atoms with van der Waals surface area (Å²) in [5.74, 6) is -0.0664. The van der Waals surface area contributed by atoms with Crippen LogP contribution in [0.25, 0.3) is 17.2 Å². The van der Waals surface area contributed by atoms with Crippen LogP contribution in [0.4, 0.5) is 9.18 Å². The minimum Gasteiger partial charge on any atom is -0.440 e. The zero-order valence-corrected chi connectivity index (χ0v) is 16.9. The maximum absolute atomic E-state index is 13.5. The number of aliphatic hydroxyl groups is 2. The normalized spacial score (nSPS) is 34.7. The molecule has 2 aliphatic carbocycles. The second-order valence-electron chi connectivity index (χ2n) is 8.91. The number of rotatable bonds is 3. The van der Waals surface area contributed by atoms with Crippen molar-refractivity contribution < 1.29 is 24.1 Å². The van der Waals surface area contributed by atoms with E-state index in [2.05, 4.69) is 10.3 Å². The van der Waals surface area contributed by atoms with Crippen molar-refractivity contribution in [2.24, 2.45) is 17.8 Å². The van der Waals surface area contributed by atoms with Crippen molar-refractivity contribution >= 4 is 12.2 Å². The quantitative estimate of drug-likeness (QED) is 0.704. The molecule has 1 unspecified atom stereocenters. The molecule has 31 heavy (non-hydrogen) atoms. The van der Waals surface area contributed by atoms with Gasteiger partial charge in [-0.1, -0.05) is 24.3 Å². The van der Waals surface area contributed by atoms with E-state index in [1.165, 1.54) is 12.1 Å². The van der Waals surface area contributed by atoms with E-state index in [0.29, 0.717) is 25.8 Å². The van der Waals surface area contributed by atoms with Crippen LogP contribution >= 0.6 is 0 Å². The first-order valence-electron chi connectivity index (χ1n) is 10.7. The molecule has 1 aromatic heterocycles. The molecule has 1 spiro atoms. The number of carbonyl (C=O) groups is 1. The lowest BCUT2D eigenvalue weighted by atomic mass is 9.74. The van der Waals surface area contributed by atoms with E-state index in [1.54, 1.807) is 12.3 Å². The second kappa shape index (κ2) is 7.73. The molecule has 3 aliphatic rings. The van der Waals surface area contributed by atoms with Crippen molar-refractivity contribution in [2.75, 3.05) is 6.54 Å². The van der Waals surface area contributed by atoms with Crippen LogP contribution in [0.15, 0.2) is 48.7 Å². The number of alkyl carbamates (subject to hydrolysis) is 1. The van der Waals surface area contributed by atoms with Crippen molar-refractivity contribution in [1.29, 1.82) is 0 Å². The number of pyridine rings is 1. The average molecular weight is 424 g/mol. The van der Waals surface area contributed by atoms with Crippen molar-refractivity contribution in [1.82, 2.24) is 10.3 Å². The molecular formula is C24H25FN2O4. The number of aromatic nitrogens is 1. The van der Waals surface area contributed by atoms with Crippen molar-refractivity contribution in [3.05, 3.63) is 60.2 Å². The monoisotopic (exact) mass is 424 g/mol. The van der Waals surface area contributed by atoms with Gasteiger partial charge in [-0.05, 0) is 60.9 Å². The molecule has 5 rings (SSSR count). The molecule has 6 nitrogen and oxygen atoms in total. The van der Waals surface area contributed by atoms with Crippen LogP contribution in [0, 0.1) is 23.6 Å². The Morgan fingerprint density at radius 1 is 1.16 bits per heavy atom. The number of amides is 1. The van der Waals surface area contributed by atoms with Gasteiger partial charge in [-0.2, -0.15) is 0 Å². The lowest BCUT2D eigenvalue weighted by Crippen LogP contribution is -2.40. The average Bonchev–Trinajstić information content (AvgIpc) is 3.26. The van der Waals surface area contributed by atoms with Crippen LogP contribution in [0.2, 0.25) is 0 Å². The van der Waals surface area contributed by atoms with E-state index in [9.17, 15) is 19.4 Å². The molecule has 2 aromatic rings. The van der Waals surface area contributed by atoms with Gasteiger partial charge in [0.2, 0.25) is 0 Å². The number of hydrogen-bond donors (Lipinski definition) is 3. The molecule has 2 heterocycles. The molecule has 1 saturated heterocycles. The summed E-state index contributed by atoms with van der Waals surface area (Å²) in [6.45, 7) is 0.423. The first-order chi connectivity index (χ1) is 14.9. The van der Waals surface area contributed by atoms with Crippen LogP contribution in [-0.4, -0.2) is 45.6 Å². The fourth-order valence-corrected chi connectivity index (χ4v) is 5.56. The molecule has 0 bridgehead atoms. The van der Waals surface area contributed by atoms with Gasteiger partial charge in [-0.3, -0.25) is 4.98 Å². The van der Waals surface area contributed by atoms with E-state index in [4.69, 9.17) is 4.74 Å². The predicted molar refractivity (Wildman–Crippen MR) is 112 cm³/mol. The summed E-state index contributed by atoms with van der Waals surface area (Å²) in [5, 5.41) is 23.1. The van der Waals surface area contributed by atoms with E-state index in [0.717, 1.165) is 16.8 Å². The fourth-order valence-electron chi connectivity index (χ4n) is 5.56. The number of halogens is 1. The van der Waals surface area contributed by atoms with Gasteiger partial charge in [0.25, 0.3) is 0 Å². The molecule has 0 radical (unpaired) electrons. The molecule has 3 fully saturated rings. The van der Waals surface area contributed by atoms with Gasteiger partial charge < -0.3 is 20.3 Å². The van der Waals surface area contributed by atoms with Crippen LogP contribution in [0.3, 0.4) is 0 Å². The summed E-state index contributed by atoms with van der Waals surface area (Å²) in [5.41, 5.74) is 1.67. The molecule has 1 amide bonds. The Balaban J connectivity index is 1.39. The Hall–Kier alpha value is -2.77. The van der Waals surface area contributed by atoms with Gasteiger partial charge in [0.05, 0.1) is 24.4 Å². The van der Waals surface area contributed by atoms with Crippen LogP contribution in [0.1, 0.15) is 25.0 Å². The maximum Gasteiger partial charge on any atom is 0.407 e. The van der Waals surface area contributed by atoms with E-state index in [-0.39, 0.29) is 23.6 Å². The third-order valence-corrected chi connectivity index (χ3v) is 7.03. The minimum absolute atomic E-state index is 0.0803. The van der Waals surface area contributed by atoms with E-state index in [1.807, 2.05) is 30.4 Å². The number of benzene rings is 1. The molecule has 6 atom stereocenters. The summed E-state index contributed by atoms with van der Waals surface area (Å²) in [7, 11) is 0. The highest BCUT2D eigenvalue weighted by Gasteiger charge is 2.59. The maximum atomic E-state index is 13.5. The van der Waals surface area contributed by atoms with Gasteiger partial charge in [-0.15, -0.1) is 0 Å². The summed E-state index contributed by atoms with van der Waals surface area (Å²) in [6, 6.07) is 10.1. The number of carbonyl (C=O) groups excluding carboxylic acids is 1. The number of nitrogens with zero attached hydrogens (tertiary/aromatic N) is 1. The zero-order valence-electron chi connectivity index (χ0n) is 16.9. The topological polar surface area (TPSA) is 91.7 Å². The van der Waals surface area contributed by atoms with Gasteiger partial charge >= 0.3 is 6.09 Å². The highest BCUT2D eigenvalue weighted by Crippen LogP contribution is 2.54. The second-order valence-corrected chi connectivity index (χ2v) is 8.91. The van der Waals surface area contributed by atoms with Gasteiger partial charge in [0.15, 0.2) is 0 Å². The standard InChI is InChI=1S/C24H25FN2O4/c25-17-3-1-2-14(8-17)15-4-5-18(26-12-15)6-7-20-19-10-22(29)21(28)9-16(19)11-24(20)13-27-23(30)31-24/h1-8,12,16,19-22,28-29H,9-11,13H2,(H,27,30)/b7-6+/t16-,19+,20-,21-,22-,24?/m0/s1. The first-order valence-corrected chi connectivity index (χ1v) is 10.7. The Labute approximate surface area is 179 Å². The molecule has 2 saturated carbocycles. The molecule has 1 aromatic carbocycles. The first kappa shape index (κ1) is 20.2. The van der Waals surface area contributed by atoms with Crippen LogP contribution in [-0.2, 0) is 4.74 Å². The lowest BCUT2D eigenvalue weighted by molar-refractivity contribution is -0.0455. The Morgan fingerprint density at radius 2 is 2.00 bits per heavy atom. The van der Waals surface area contributed by atoms with Crippen molar-refractivity contribution in [3.8, 4) is 11.1 Å². The summed E-state index contributed by atoms with van der Waals surface area (Å²) < 4.78 is 19.2. The van der Waals surface area contributed by atoms with Crippen LogP contribution < -0.4 is 5.32 Å². The summed E-state index contributed by atoms with van der Waals surface area (Å²) in [6.07, 6.45) is 5.38. The van der Waals surface area contributed by atoms with Crippen molar-refractivity contribution in [3.63, 3.8) is 0 Å². The number of fused-ring (bicyclic) bond motifs is 1. The lowest BCUT2D eigenvalue weighted by Gasteiger charge is -2.35. The number of hydrogen-bond acceptors (Lipinski definition) is 5. The Morgan fingerprint density at radius 3 is 2.71 bits per heavy atom. The van der Waals surface area contributed by atoms with Crippen LogP contribution in [0.5, 0.6) is 0 Å². The number of nitrogens with one attached hydrogen (secondary N) is 1. The highest BCUT2D eigenvalue weighted by atomic mass is 19.1. The third-order valence-electron chi connectivity index (χ3n) is 7.03. The number of ether oxygens (including phenoxy) is 1. The van der Waals surface area contributed by atoms with E-state index < -0.39 is 23.9 Å². The van der Waals surface area contributed by atoms with Gasteiger partial charge in [0.1, 0.15) is 11.4 Å². The molecule has 1 aliphatic heterocycles. The molecular weight excluding hydrogens is 399 g/mol. The summed E-state index contributed by atoms with van der Waals surface area (Å²) in [4.78, 5) is 16.3. The predicted octanol–water partition coefficient (Wildman–Crippen LogP) is 3.15. The van der Waals surface area contributed by atoms with Crippen molar-refractivity contribution in [2.45, 2.75) is 37.1 Å². The number of aliphatic hydroxyl groups excluding tert-OH is 2. The molecule has 3 N–H and O–H groups in total. The SMILES string of the molecule is O=C1NCC2(C[C@@H]3C[C@H](O)[C@@H](O)C[C@H]3[C@@H]2/C=C/c2ccc(-c3cccc(F)c3)cn2)O1. The van der Waals surface area contributed by atoms with Gasteiger partial charge in [0, 0.05) is 17.7 Å². The zero-order chi connectivity index (χ0) is 21.6. The summed E-state index contributed by atoms with van der Waals surface area (Å²) >= 11 is 0. The smallest absolute Gasteiger partial charge is 0.407 e. The Bertz CT molecular complexity index is 1010. The largest absolute Gasteiger partial charge is 0.440 e. The Kier molecular flexibility index (Phi) is 5.02. The fraction of sp³-hybridized carbons (Fsp3) is 0.417. The minimum atomic E-state index is -0.763. The van der Waals surface area contributed by atoms with Gasteiger partial charge in [-0.25, -0.2) is 9.18 Å².